The molecule has 1 heterocycles. The molecule has 11 heavy (non-hydrogen) atoms. The highest BCUT2D eigenvalue weighted by Crippen LogP contribution is 2.04. The molecule has 0 aliphatic heterocycles. The number of nitrogens with one attached hydrogen (secondary N) is 1. The Morgan fingerprint density at radius 2 is 2.45 bits per heavy atom. The third-order valence-corrected chi connectivity index (χ3v) is 2.47. The van der Waals surface area contributed by atoms with Crippen molar-refractivity contribution in [3.63, 3.8) is 0 Å². The lowest BCUT2D eigenvalue weighted by atomic mass is 10.2. The van der Waals surface area contributed by atoms with E-state index in [2.05, 4.69) is 16.9 Å². The topological polar surface area (TPSA) is 45.8 Å². The molecule has 4 heteroatoms. The summed E-state index contributed by atoms with van der Waals surface area (Å²) in [6.45, 7) is 2.07. The summed E-state index contributed by atoms with van der Waals surface area (Å²) >= 11 is 2.02. The van der Waals surface area contributed by atoms with Gasteiger partial charge in [0.25, 0.3) is 5.56 Å². The summed E-state index contributed by atoms with van der Waals surface area (Å²) in [5.41, 5.74) is 0.862. The Morgan fingerprint density at radius 1 is 1.73 bits per heavy atom. The van der Waals surface area contributed by atoms with Gasteiger partial charge < -0.3 is 4.98 Å². The standard InChI is InChI=1S/C7H9IN2O/c1-2-3-5-6(8)7(11)10-4-9-5/h4H,2-3H2,1H3,(H,9,10,11). The molecule has 1 rings (SSSR count). The minimum atomic E-state index is -0.0379. The molecular formula is C7H9IN2O. The number of hydrogen-bond donors (Lipinski definition) is 1. The highest BCUT2D eigenvalue weighted by molar-refractivity contribution is 14.1. The van der Waals surface area contributed by atoms with Crippen molar-refractivity contribution in [2.75, 3.05) is 0 Å². The molecule has 0 bridgehead atoms. The zero-order valence-electron chi connectivity index (χ0n) is 6.22. The lowest BCUT2D eigenvalue weighted by molar-refractivity contribution is 0.856. The molecule has 0 radical (unpaired) electrons. The number of aryl methyl sites for hydroxylation is 1. The molecule has 0 aliphatic carbocycles. The second-order valence-electron chi connectivity index (χ2n) is 2.24. The van der Waals surface area contributed by atoms with Gasteiger partial charge in [0, 0.05) is 0 Å². The fourth-order valence-electron chi connectivity index (χ4n) is 0.831. The summed E-state index contributed by atoms with van der Waals surface area (Å²) < 4.78 is 0.715. The maximum absolute atomic E-state index is 11.0. The normalized spacial score (nSPS) is 10.0. The minimum Gasteiger partial charge on any atom is -0.312 e. The Kier molecular flexibility index (Phi) is 3.04. The zero-order chi connectivity index (χ0) is 8.27. The van der Waals surface area contributed by atoms with Crippen LogP contribution < -0.4 is 5.56 Å². The predicted molar refractivity (Wildman–Crippen MR) is 51.6 cm³/mol. The highest BCUT2D eigenvalue weighted by atomic mass is 127. The first kappa shape index (κ1) is 8.70. The molecule has 0 fully saturated rings. The van der Waals surface area contributed by atoms with E-state index in [0.29, 0.717) is 3.57 Å². The Bertz CT molecular complexity index is 295. The molecule has 0 atom stereocenters. The lowest BCUT2D eigenvalue weighted by Gasteiger charge is -1.97. The number of rotatable bonds is 2. The second-order valence-corrected chi connectivity index (χ2v) is 3.32. The van der Waals surface area contributed by atoms with E-state index in [1.807, 2.05) is 22.6 Å². The van der Waals surface area contributed by atoms with E-state index in [1.165, 1.54) is 6.33 Å². The van der Waals surface area contributed by atoms with Gasteiger partial charge in [0.1, 0.15) is 0 Å². The van der Waals surface area contributed by atoms with Gasteiger partial charge in [-0.3, -0.25) is 4.79 Å². The number of aromatic nitrogens is 2. The van der Waals surface area contributed by atoms with E-state index in [-0.39, 0.29) is 5.56 Å². The maximum atomic E-state index is 11.0. The second kappa shape index (κ2) is 3.85. The van der Waals surface area contributed by atoms with Gasteiger partial charge in [-0.25, -0.2) is 4.98 Å². The maximum Gasteiger partial charge on any atom is 0.264 e. The van der Waals surface area contributed by atoms with Crippen molar-refractivity contribution in [1.82, 2.24) is 9.97 Å². The van der Waals surface area contributed by atoms with E-state index in [9.17, 15) is 4.79 Å². The molecule has 60 valence electrons. The molecule has 0 saturated heterocycles. The van der Waals surface area contributed by atoms with Crippen LogP contribution in [0.25, 0.3) is 0 Å². The Balaban J connectivity index is 3.06. The average Bonchev–Trinajstić information content (AvgIpc) is 1.99. The number of aromatic amines is 1. The average molecular weight is 264 g/mol. The fraction of sp³-hybridized carbons (Fsp3) is 0.429. The van der Waals surface area contributed by atoms with Gasteiger partial charge in [0.2, 0.25) is 0 Å². The van der Waals surface area contributed by atoms with Gasteiger partial charge in [0.15, 0.2) is 0 Å². The van der Waals surface area contributed by atoms with Crippen molar-refractivity contribution >= 4 is 22.6 Å². The van der Waals surface area contributed by atoms with E-state index >= 15 is 0 Å². The van der Waals surface area contributed by atoms with E-state index in [0.717, 1.165) is 18.5 Å². The highest BCUT2D eigenvalue weighted by Gasteiger charge is 2.02. The van der Waals surface area contributed by atoms with Crippen LogP contribution in [0, 0.1) is 3.57 Å². The molecule has 0 amide bonds. The van der Waals surface area contributed by atoms with Crippen molar-refractivity contribution in [3.8, 4) is 0 Å². The van der Waals surface area contributed by atoms with Crippen LogP contribution in [0.4, 0.5) is 0 Å². The summed E-state index contributed by atoms with van der Waals surface area (Å²) in [5, 5.41) is 0. The van der Waals surface area contributed by atoms with Crippen molar-refractivity contribution in [2.24, 2.45) is 0 Å². The Labute approximate surface area is 78.4 Å². The van der Waals surface area contributed by atoms with Crippen LogP contribution in [0.2, 0.25) is 0 Å². The summed E-state index contributed by atoms with van der Waals surface area (Å²) in [7, 11) is 0. The van der Waals surface area contributed by atoms with Gasteiger partial charge >= 0.3 is 0 Å². The van der Waals surface area contributed by atoms with Gasteiger partial charge in [-0.05, 0) is 29.0 Å². The number of hydrogen-bond acceptors (Lipinski definition) is 2. The molecule has 0 spiro atoms. The SMILES string of the molecule is CCCc1nc[nH]c(=O)c1I. The lowest BCUT2D eigenvalue weighted by Crippen LogP contribution is -2.13. The third-order valence-electron chi connectivity index (χ3n) is 1.36. The smallest absolute Gasteiger partial charge is 0.264 e. The Hall–Kier alpha value is -0.390. The number of halogens is 1. The van der Waals surface area contributed by atoms with E-state index in [4.69, 9.17) is 0 Å². The molecule has 3 nitrogen and oxygen atoms in total. The van der Waals surface area contributed by atoms with Crippen LogP contribution in [-0.2, 0) is 6.42 Å². The van der Waals surface area contributed by atoms with Gasteiger partial charge in [-0.2, -0.15) is 0 Å². The molecule has 1 aromatic heterocycles. The summed E-state index contributed by atoms with van der Waals surface area (Å²) in [4.78, 5) is 17.6. The minimum absolute atomic E-state index is 0.0379. The van der Waals surface area contributed by atoms with Crippen molar-refractivity contribution in [2.45, 2.75) is 19.8 Å². The first-order valence-electron chi connectivity index (χ1n) is 3.47. The van der Waals surface area contributed by atoms with Gasteiger partial charge in [-0.15, -0.1) is 0 Å². The predicted octanol–water partition coefficient (Wildman–Crippen LogP) is 1.33. The number of nitrogens with zero attached hydrogens (tertiary/aromatic N) is 1. The van der Waals surface area contributed by atoms with Crippen molar-refractivity contribution in [1.29, 1.82) is 0 Å². The largest absolute Gasteiger partial charge is 0.312 e. The van der Waals surface area contributed by atoms with Crippen LogP contribution >= 0.6 is 22.6 Å². The van der Waals surface area contributed by atoms with Crippen LogP contribution in [0.5, 0.6) is 0 Å². The molecule has 0 unspecified atom stereocenters. The number of H-pyrrole nitrogens is 1. The quantitative estimate of drug-likeness (QED) is 0.819. The summed E-state index contributed by atoms with van der Waals surface area (Å²) in [6.07, 6.45) is 3.35. The fourth-order valence-corrected chi connectivity index (χ4v) is 1.40. The first-order valence-corrected chi connectivity index (χ1v) is 4.55. The van der Waals surface area contributed by atoms with E-state index < -0.39 is 0 Å². The molecule has 1 aromatic rings. The van der Waals surface area contributed by atoms with Crippen LogP contribution in [0.1, 0.15) is 19.0 Å². The zero-order valence-corrected chi connectivity index (χ0v) is 8.38. The van der Waals surface area contributed by atoms with Gasteiger partial charge in [0.05, 0.1) is 15.6 Å². The Morgan fingerprint density at radius 3 is 3.09 bits per heavy atom. The molecular weight excluding hydrogens is 255 g/mol. The monoisotopic (exact) mass is 264 g/mol. The van der Waals surface area contributed by atoms with Crippen molar-refractivity contribution in [3.05, 3.63) is 25.9 Å². The molecule has 0 aromatic carbocycles. The molecule has 1 N–H and O–H groups in total. The molecule has 0 saturated carbocycles. The van der Waals surface area contributed by atoms with Gasteiger partial charge in [-0.1, -0.05) is 13.3 Å². The third kappa shape index (κ3) is 2.02. The summed E-state index contributed by atoms with van der Waals surface area (Å²) in [6, 6.07) is 0. The molecule has 0 aliphatic rings. The van der Waals surface area contributed by atoms with Crippen LogP contribution in [0.15, 0.2) is 11.1 Å². The van der Waals surface area contributed by atoms with Crippen LogP contribution in [0.3, 0.4) is 0 Å². The van der Waals surface area contributed by atoms with Crippen LogP contribution in [-0.4, -0.2) is 9.97 Å². The van der Waals surface area contributed by atoms with Crippen molar-refractivity contribution < 1.29 is 0 Å². The summed E-state index contributed by atoms with van der Waals surface area (Å²) in [5.74, 6) is 0. The first-order chi connectivity index (χ1) is 5.25. The van der Waals surface area contributed by atoms with E-state index in [1.54, 1.807) is 0 Å².